The number of rotatable bonds is 3. The van der Waals surface area contributed by atoms with Crippen molar-refractivity contribution in [3.63, 3.8) is 0 Å². The normalized spacial score (nSPS) is 36.9. The van der Waals surface area contributed by atoms with E-state index in [0.717, 1.165) is 6.42 Å². The highest BCUT2D eigenvalue weighted by Gasteiger charge is 2.67. The van der Waals surface area contributed by atoms with E-state index in [1.165, 1.54) is 0 Å². The fraction of sp³-hybridized carbons (Fsp3) is 0.857. The molecule has 2 rings (SSSR count). The zero-order valence-electron chi connectivity index (χ0n) is 12.0. The van der Waals surface area contributed by atoms with E-state index < -0.39 is 17.3 Å². The number of ether oxygens (including phenoxy) is 1. The van der Waals surface area contributed by atoms with Crippen LogP contribution in [0.5, 0.6) is 0 Å². The second-order valence-electron chi connectivity index (χ2n) is 6.31. The largest absolute Gasteiger partial charge is 0.481 e. The third kappa shape index (κ3) is 2.36. The van der Waals surface area contributed by atoms with Gasteiger partial charge in [-0.05, 0) is 18.8 Å². The standard InChI is InChI=1S/C14H23NO4/c1-5-9-7-19-8(2)6-15(9)12(16)10-11(13(17)18)14(10,3)4/h8-11H,5-7H2,1-4H3,(H,17,18). The lowest BCUT2D eigenvalue weighted by atomic mass is 10.1. The Kier molecular flexibility index (Phi) is 3.60. The minimum atomic E-state index is -0.863. The molecule has 5 heteroatoms. The molecule has 4 atom stereocenters. The van der Waals surface area contributed by atoms with Gasteiger partial charge in [0.05, 0.1) is 30.6 Å². The molecule has 1 saturated carbocycles. The Morgan fingerprint density at radius 2 is 2.00 bits per heavy atom. The number of hydrogen-bond acceptors (Lipinski definition) is 3. The van der Waals surface area contributed by atoms with Crippen LogP contribution >= 0.6 is 0 Å². The van der Waals surface area contributed by atoms with Crippen LogP contribution in [0, 0.1) is 17.3 Å². The van der Waals surface area contributed by atoms with Crippen molar-refractivity contribution >= 4 is 11.9 Å². The third-order valence-electron chi connectivity index (χ3n) is 4.58. The predicted molar refractivity (Wildman–Crippen MR) is 69.6 cm³/mol. The molecule has 108 valence electrons. The van der Waals surface area contributed by atoms with E-state index in [0.29, 0.717) is 13.2 Å². The SMILES string of the molecule is CCC1COC(C)CN1C(=O)C1C(C(=O)O)C1(C)C. The first-order valence-corrected chi connectivity index (χ1v) is 6.95. The lowest BCUT2D eigenvalue weighted by molar-refractivity contribution is -0.149. The topological polar surface area (TPSA) is 66.8 Å². The molecule has 0 radical (unpaired) electrons. The van der Waals surface area contributed by atoms with Gasteiger partial charge in [-0.1, -0.05) is 20.8 Å². The Morgan fingerprint density at radius 3 is 2.47 bits per heavy atom. The Hall–Kier alpha value is -1.10. The molecule has 1 aliphatic carbocycles. The molecule has 0 bridgehead atoms. The van der Waals surface area contributed by atoms with Crippen molar-refractivity contribution in [3.05, 3.63) is 0 Å². The summed E-state index contributed by atoms with van der Waals surface area (Å²) in [4.78, 5) is 25.6. The summed E-state index contributed by atoms with van der Waals surface area (Å²) < 4.78 is 5.58. The van der Waals surface area contributed by atoms with E-state index in [9.17, 15) is 14.7 Å². The zero-order chi connectivity index (χ0) is 14.4. The minimum Gasteiger partial charge on any atom is -0.481 e. The van der Waals surface area contributed by atoms with Crippen LogP contribution in [0.4, 0.5) is 0 Å². The molecule has 1 N–H and O–H groups in total. The maximum Gasteiger partial charge on any atom is 0.307 e. The van der Waals surface area contributed by atoms with Gasteiger partial charge in [-0.2, -0.15) is 0 Å². The van der Waals surface area contributed by atoms with Gasteiger partial charge in [-0.25, -0.2) is 0 Å². The van der Waals surface area contributed by atoms with Crippen molar-refractivity contribution < 1.29 is 19.4 Å². The molecular weight excluding hydrogens is 246 g/mol. The quantitative estimate of drug-likeness (QED) is 0.840. The summed E-state index contributed by atoms with van der Waals surface area (Å²) in [7, 11) is 0. The molecule has 2 aliphatic rings. The first kappa shape index (κ1) is 14.3. The maximum absolute atomic E-state index is 12.6. The van der Waals surface area contributed by atoms with Crippen LogP contribution in [0.2, 0.25) is 0 Å². The van der Waals surface area contributed by atoms with Gasteiger partial charge in [0.2, 0.25) is 5.91 Å². The van der Waals surface area contributed by atoms with Gasteiger partial charge in [-0.3, -0.25) is 9.59 Å². The maximum atomic E-state index is 12.6. The summed E-state index contributed by atoms with van der Waals surface area (Å²) >= 11 is 0. The summed E-state index contributed by atoms with van der Waals surface area (Å²) in [5.74, 6) is -1.81. The number of morpholine rings is 1. The zero-order valence-corrected chi connectivity index (χ0v) is 12.0. The molecule has 5 nitrogen and oxygen atoms in total. The lowest BCUT2D eigenvalue weighted by Crippen LogP contribution is -2.52. The van der Waals surface area contributed by atoms with Gasteiger partial charge in [-0.15, -0.1) is 0 Å². The van der Waals surface area contributed by atoms with Gasteiger partial charge in [0.15, 0.2) is 0 Å². The number of amides is 1. The highest BCUT2D eigenvalue weighted by atomic mass is 16.5. The first-order chi connectivity index (χ1) is 8.80. The van der Waals surface area contributed by atoms with Crippen LogP contribution < -0.4 is 0 Å². The average molecular weight is 269 g/mol. The Balaban J connectivity index is 2.13. The third-order valence-corrected chi connectivity index (χ3v) is 4.58. The smallest absolute Gasteiger partial charge is 0.307 e. The number of carboxylic acids is 1. The molecule has 19 heavy (non-hydrogen) atoms. The molecule has 0 aromatic rings. The summed E-state index contributed by atoms with van der Waals surface area (Å²) in [6.07, 6.45) is 0.862. The highest BCUT2D eigenvalue weighted by molar-refractivity contribution is 5.91. The summed E-state index contributed by atoms with van der Waals surface area (Å²) in [5, 5.41) is 9.19. The second-order valence-corrected chi connectivity index (χ2v) is 6.31. The molecule has 1 amide bonds. The van der Waals surface area contributed by atoms with E-state index in [4.69, 9.17) is 4.74 Å². The van der Waals surface area contributed by atoms with E-state index in [-0.39, 0.29) is 24.0 Å². The van der Waals surface area contributed by atoms with Gasteiger partial charge in [0.1, 0.15) is 0 Å². The highest BCUT2D eigenvalue weighted by Crippen LogP contribution is 2.59. The second kappa shape index (κ2) is 4.78. The summed E-state index contributed by atoms with van der Waals surface area (Å²) in [5.41, 5.74) is -0.428. The van der Waals surface area contributed by atoms with Gasteiger partial charge < -0.3 is 14.7 Å². The van der Waals surface area contributed by atoms with Crippen LogP contribution in [0.15, 0.2) is 0 Å². The molecule has 2 fully saturated rings. The van der Waals surface area contributed by atoms with Crippen molar-refractivity contribution in [1.29, 1.82) is 0 Å². The molecule has 1 aliphatic heterocycles. The molecule has 0 aromatic heterocycles. The number of carboxylic acid groups (broad SMARTS) is 1. The lowest BCUT2D eigenvalue weighted by Gasteiger charge is -2.38. The van der Waals surface area contributed by atoms with Crippen molar-refractivity contribution in [2.45, 2.75) is 46.3 Å². The van der Waals surface area contributed by atoms with Crippen LogP contribution in [-0.2, 0) is 14.3 Å². The minimum absolute atomic E-state index is 0.0144. The van der Waals surface area contributed by atoms with Crippen molar-refractivity contribution in [1.82, 2.24) is 4.90 Å². The molecule has 0 spiro atoms. The number of aliphatic carboxylic acids is 1. The average Bonchev–Trinajstić information content (AvgIpc) is 2.91. The molecular formula is C14H23NO4. The van der Waals surface area contributed by atoms with E-state index >= 15 is 0 Å². The number of hydrogen-bond donors (Lipinski definition) is 1. The van der Waals surface area contributed by atoms with Crippen LogP contribution in [-0.4, -0.2) is 47.2 Å². The summed E-state index contributed by atoms with van der Waals surface area (Å²) in [6.45, 7) is 8.80. The van der Waals surface area contributed by atoms with Gasteiger partial charge >= 0.3 is 5.97 Å². The fourth-order valence-corrected chi connectivity index (χ4v) is 3.19. The van der Waals surface area contributed by atoms with Crippen LogP contribution in [0.3, 0.4) is 0 Å². The van der Waals surface area contributed by atoms with E-state index in [2.05, 4.69) is 0 Å². The van der Waals surface area contributed by atoms with Crippen molar-refractivity contribution in [2.24, 2.45) is 17.3 Å². The fourth-order valence-electron chi connectivity index (χ4n) is 3.19. The van der Waals surface area contributed by atoms with Crippen molar-refractivity contribution in [3.8, 4) is 0 Å². The van der Waals surface area contributed by atoms with Gasteiger partial charge in [0, 0.05) is 6.54 Å². The van der Waals surface area contributed by atoms with E-state index in [1.807, 2.05) is 32.6 Å². The van der Waals surface area contributed by atoms with E-state index in [1.54, 1.807) is 0 Å². The van der Waals surface area contributed by atoms with Crippen molar-refractivity contribution in [2.75, 3.05) is 13.2 Å². The number of nitrogens with zero attached hydrogens (tertiary/aromatic N) is 1. The number of carbonyl (C=O) groups excluding carboxylic acids is 1. The molecule has 0 aromatic carbocycles. The first-order valence-electron chi connectivity index (χ1n) is 6.95. The molecule has 4 unspecified atom stereocenters. The number of carbonyl (C=O) groups is 2. The Bertz CT molecular complexity index is 393. The van der Waals surface area contributed by atoms with Gasteiger partial charge in [0.25, 0.3) is 0 Å². The Labute approximate surface area is 113 Å². The van der Waals surface area contributed by atoms with Crippen LogP contribution in [0.1, 0.15) is 34.1 Å². The molecule has 1 saturated heterocycles. The van der Waals surface area contributed by atoms with Crippen LogP contribution in [0.25, 0.3) is 0 Å². The predicted octanol–water partition coefficient (Wildman–Crippen LogP) is 1.37. The summed E-state index contributed by atoms with van der Waals surface area (Å²) in [6, 6.07) is 0.0783. The molecule has 1 heterocycles. The Morgan fingerprint density at radius 1 is 1.37 bits per heavy atom. The monoisotopic (exact) mass is 269 g/mol.